The molecule has 48 heavy (non-hydrogen) atoms. The molecule has 3 aromatic carbocycles. The minimum atomic E-state index is -0.478. The Morgan fingerprint density at radius 3 is 2.35 bits per heavy atom. The molecule has 0 spiro atoms. The number of nitrogens with zero attached hydrogens (tertiary/aromatic N) is 1. The smallest absolute Gasteiger partial charge is 0.323 e. The van der Waals surface area contributed by atoms with Crippen LogP contribution >= 0.6 is 0 Å². The number of nitrogens with one attached hydrogen (secondary N) is 6. The van der Waals surface area contributed by atoms with E-state index in [2.05, 4.69) is 36.5 Å². The molecule has 1 fully saturated rings. The lowest BCUT2D eigenvalue weighted by Crippen LogP contribution is -2.33. The molecule has 246 valence electrons. The molecule has 0 radical (unpaired) electrons. The number of hydrogen-bond acceptors (Lipinski definition) is 5. The molecule has 1 saturated heterocycles. The molecule has 6 N–H and O–H groups in total. The number of aromatic amines is 1. The van der Waals surface area contributed by atoms with Gasteiger partial charge in [-0.15, -0.1) is 0 Å². The third kappa shape index (κ3) is 7.16. The first-order valence-corrected chi connectivity index (χ1v) is 16.1. The van der Waals surface area contributed by atoms with Crippen molar-refractivity contribution in [3.8, 4) is 0 Å². The molecule has 0 bridgehead atoms. The Hall–Kier alpha value is -5.68. The van der Waals surface area contributed by atoms with Gasteiger partial charge in [-0.2, -0.15) is 0 Å². The second-order valence-electron chi connectivity index (χ2n) is 12.2. The summed E-state index contributed by atoms with van der Waals surface area (Å²) < 4.78 is 0. The first-order chi connectivity index (χ1) is 23.2. The lowest BCUT2D eigenvalue weighted by atomic mass is 10.0. The maximum absolute atomic E-state index is 13.0. The van der Waals surface area contributed by atoms with Gasteiger partial charge in [-0.1, -0.05) is 30.3 Å². The van der Waals surface area contributed by atoms with Gasteiger partial charge in [0.25, 0.3) is 17.7 Å². The van der Waals surface area contributed by atoms with E-state index in [0.29, 0.717) is 57.3 Å². The number of carbonyl (C=O) groups excluding carboxylic acids is 4. The highest BCUT2D eigenvalue weighted by Crippen LogP contribution is 2.36. The van der Waals surface area contributed by atoms with Gasteiger partial charge in [-0.3, -0.25) is 14.4 Å². The van der Waals surface area contributed by atoms with Crippen molar-refractivity contribution in [2.75, 3.05) is 47.4 Å². The number of hydrogen-bond donors (Lipinski definition) is 6. The number of anilines is 4. The molecule has 0 aliphatic carbocycles. The predicted octanol–water partition coefficient (Wildman–Crippen LogP) is 6.15. The summed E-state index contributed by atoms with van der Waals surface area (Å²) in [6.45, 7) is 9.17. The minimum Gasteiger partial charge on any atom is -0.358 e. The van der Waals surface area contributed by atoms with Crippen LogP contribution in [0.5, 0.6) is 0 Å². The number of fused-ring (bicyclic) bond motifs is 1. The van der Waals surface area contributed by atoms with Crippen molar-refractivity contribution in [2.24, 2.45) is 0 Å². The Balaban J connectivity index is 1.11. The average Bonchev–Trinajstić information content (AvgIpc) is 3.76. The van der Waals surface area contributed by atoms with Crippen molar-refractivity contribution in [2.45, 2.75) is 33.6 Å². The minimum absolute atomic E-state index is 0.130. The third-order valence-electron chi connectivity index (χ3n) is 8.74. The van der Waals surface area contributed by atoms with Gasteiger partial charge in [0.15, 0.2) is 0 Å². The second-order valence-corrected chi connectivity index (χ2v) is 12.2. The van der Waals surface area contributed by atoms with Gasteiger partial charge in [0.1, 0.15) is 0 Å². The SMILES string of the molecule is Cc1ccc(NC(=O)c2ccccc2)cc1NC(=O)Nc1ccc2c(c1)NC(=O)C2=Cc1[nH]c(C)c(C(=O)NCCN2CCCC2)c1C. The summed E-state index contributed by atoms with van der Waals surface area (Å²) in [7, 11) is 0. The Morgan fingerprint density at radius 2 is 1.58 bits per heavy atom. The van der Waals surface area contributed by atoms with Crippen LogP contribution in [0.4, 0.5) is 27.5 Å². The number of aryl methyl sites for hydroxylation is 2. The highest BCUT2D eigenvalue weighted by molar-refractivity contribution is 6.35. The predicted molar refractivity (Wildman–Crippen MR) is 189 cm³/mol. The molecule has 0 atom stereocenters. The van der Waals surface area contributed by atoms with Crippen molar-refractivity contribution >= 4 is 58.2 Å². The number of likely N-dealkylation sites (tertiary alicyclic amines) is 1. The monoisotopic (exact) mass is 645 g/mol. The number of benzene rings is 3. The molecular weight excluding hydrogens is 606 g/mol. The van der Waals surface area contributed by atoms with E-state index in [1.165, 1.54) is 12.8 Å². The molecule has 0 unspecified atom stereocenters. The Morgan fingerprint density at radius 1 is 0.854 bits per heavy atom. The quantitative estimate of drug-likeness (QED) is 0.121. The summed E-state index contributed by atoms with van der Waals surface area (Å²) in [5, 5.41) is 14.4. The average molecular weight is 646 g/mol. The van der Waals surface area contributed by atoms with Crippen molar-refractivity contribution in [1.82, 2.24) is 15.2 Å². The van der Waals surface area contributed by atoms with E-state index in [4.69, 9.17) is 0 Å². The highest BCUT2D eigenvalue weighted by atomic mass is 16.2. The van der Waals surface area contributed by atoms with Gasteiger partial charge >= 0.3 is 6.03 Å². The Labute approximate surface area is 279 Å². The van der Waals surface area contributed by atoms with Gasteiger partial charge in [0.05, 0.1) is 16.8 Å². The van der Waals surface area contributed by atoms with E-state index in [0.717, 1.165) is 36.5 Å². The fraction of sp³-hybridized carbons (Fsp3) is 0.243. The molecule has 11 heteroatoms. The van der Waals surface area contributed by atoms with Crippen molar-refractivity contribution in [1.29, 1.82) is 0 Å². The van der Waals surface area contributed by atoms with Crippen LogP contribution in [0.1, 0.15) is 61.6 Å². The zero-order chi connectivity index (χ0) is 33.8. The molecule has 2 aliphatic rings. The van der Waals surface area contributed by atoms with Crippen LogP contribution in [0.3, 0.4) is 0 Å². The lowest BCUT2D eigenvalue weighted by molar-refractivity contribution is -0.110. The first-order valence-electron chi connectivity index (χ1n) is 16.1. The molecule has 6 rings (SSSR count). The molecule has 1 aromatic heterocycles. The Bertz CT molecular complexity index is 1920. The summed E-state index contributed by atoms with van der Waals surface area (Å²) in [4.78, 5) is 57.3. The van der Waals surface area contributed by atoms with Crippen LogP contribution in [0.25, 0.3) is 11.6 Å². The molecule has 3 heterocycles. The van der Waals surface area contributed by atoms with E-state index in [9.17, 15) is 19.2 Å². The van der Waals surface area contributed by atoms with E-state index in [-0.39, 0.29) is 17.7 Å². The van der Waals surface area contributed by atoms with Crippen LogP contribution in [0.2, 0.25) is 0 Å². The van der Waals surface area contributed by atoms with Gasteiger partial charge < -0.3 is 36.5 Å². The Kier molecular flexibility index (Phi) is 9.40. The number of urea groups is 1. The van der Waals surface area contributed by atoms with E-state index >= 15 is 0 Å². The molecule has 2 aliphatic heterocycles. The summed E-state index contributed by atoms with van der Waals surface area (Å²) in [5.74, 6) is -0.659. The van der Waals surface area contributed by atoms with Crippen molar-refractivity contribution in [3.63, 3.8) is 0 Å². The maximum atomic E-state index is 13.0. The standard InChI is InChI=1S/C37H39N7O4/c1-22-11-12-26(40-34(45)25-9-5-4-6-10-25)19-30(22)43-37(48)41-27-13-14-28-29(35(46)42-32(28)20-27)21-31-23(2)33(24(3)39-31)36(47)38-15-18-44-16-7-8-17-44/h4-6,9-14,19-21,39H,7-8,15-18H2,1-3H3,(H,38,47)(H,40,45)(H,42,46)(H2,41,43,48). The molecule has 0 saturated carbocycles. The van der Waals surface area contributed by atoms with Crippen LogP contribution in [-0.2, 0) is 4.79 Å². The van der Waals surface area contributed by atoms with Gasteiger partial charge in [0, 0.05) is 52.7 Å². The highest BCUT2D eigenvalue weighted by Gasteiger charge is 2.26. The van der Waals surface area contributed by atoms with Gasteiger partial charge in [-0.05, 0) is 100 Å². The number of carbonyl (C=O) groups is 4. The summed E-state index contributed by atoms with van der Waals surface area (Å²) in [6, 6.07) is 18.9. The number of H-pyrrole nitrogens is 1. The van der Waals surface area contributed by atoms with Crippen LogP contribution in [-0.4, -0.2) is 59.8 Å². The van der Waals surface area contributed by atoms with Crippen molar-refractivity contribution in [3.05, 3.63) is 106 Å². The second kappa shape index (κ2) is 14.0. The molecule has 11 nitrogen and oxygen atoms in total. The summed E-state index contributed by atoms with van der Waals surface area (Å²) >= 11 is 0. The number of aromatic nitrogens is 1. The largest absolute Gasteiger partial charge is 0.358 e. The van der Waals surface area contributed by atoms with Crippen molar-refractivity contribution < 1.29 is 19.2 Å². The number of rotatable bonds is 9. The molecule has 5 amide bonds. The lowest BCUT2D eigenvalue weighted by Gasteiger charge is -2.14. The van der Waals surface area contributed by atoms with Crippen LogP contribution in [0, 0.1) is 20.8 Å². The van der Waals surface area contributed by atoms with Crippen LogP contribution < -0.4 is 26.6 Å². The normalized spacial score (nSPS) is 14.8. The topological polar surface area (TPSA) is 147 Å². The zero-order valence-electron chi connectivity index (χ0n) is 27.3. The third-order valence-corrected chi connectivity index (χ3v) is 8.74. The van der Waals surface area contributed by atoms with E-state index in [1.54, 1.807) is 60.7 Å². The summed E-state index contributed by atoms with van der Waals surface area (Å²) in [5.41, 5.74) is 7.40. The maximum Gasteiger partial charge on any atom is 0.323 e. The fourth-order valence-electron chi connectivity index (χ4n) is 6.15. The molecule has 4 aromatic rings. The first kappa shape index (κ1) is 32.3. The summed E-state index contributed by atoms with van der Waals surface area (Å²) in [6.07, 6.45) is 4.18. The van der Waals surface area contributed by atoms with E-state index < -0.39 is 6.03 Å². The fourth-order valence-corrected chi connectivity index (χ4v) is 6.15. The van der Waals surface area contributed by atoms with Crippen LogP contribution in [0.15, 0.2) is 66.7 Å². The van der Waals surface area contributed by atoms with E-state index in [1.807, 2.05) is 32.9 Å². The zero-order valence-corrected chi connectivity index (χ0v) is 27.3. The van der Waals surface area contributed by atoms with Gasteiger partial charge in [0.2, 0.25) is 0 Å². The van der Waals surface area contributed by atoms with Gasteiger partial charge in [-0.25, -0.2) is 4.79 Å². The molecular formula is C37H39N7O4. The number of amides is 5.